The molecule has 8 nitrogen and oxygen atoms in total. The Balaban J connectivity index is 1.41. The lowest BCUT2D eigenvalue weighted by Gasteiger charge is -2.29. The number of urea groups is 1. The van der Waals surface area contributed by atoms with E-state index in [4.69, 9.17) is 0 Å². The molecule has 1 aromatic heterocycles. The minimum atomic E-state index is -4.98. The van der Waals surface area contributed by atoms with Crippen LogP contribution in [-0.4, -0.2) is 39.4 Å². The number of carbonyl (C=O) groups is 1. The Morgan fingerprint density at radius 2 is 1.61 bits per heavy atom. The number of carbonyl (C=O) groups excluding carboxylic acids is 1. The fraction of sp³-hybridized carbons (Fsp3) is 0.235. The van der Waals surface area contributed by atoms with E-state index in [1.165, 1.54) is 12.1 Å². The third-order valence-electron chi connectivity index (χ3n) is 8.03. The number of hydrogen-bond donors (Lipinski definition) is 3. The van der Waals surface area contributed by atoms with E-state index in [1.54, 1.807) is 42.5 Å². The van der Waals surface area contributed by atoms with Crippen molar-refractivity contribution in [1.29, 1.82) is 0 Å². The standard InChI is InChI=1S/C34H28F7N7O/c35-24-11-7-23(28(18-24)34(39,40)41)19-48(16-15-33(36,37)38)30-14-10-22(26-3-1-2-4-27(26)31-44-46-47-45-31)17-29(30)43-32(49)42-25-12-8-21(9-13-25)20-5-6-20/h1-4,7-14,17-18,20H,5-6,15-16,19H2,(H2,42,43,49)(H,44,45,46,47). The summed E-state index contributed by atoms with van der Waals surface area (Å²) in [5.41, 5.74) is 1.44. The number of aromatic amines is 1. The van der Waals surface area contributed by atoms with Crippen LogP contribution in [-0.2, 0) is 12.7 Å². The predicted octanol–water partition coefficient (Wildman–Crippen LogP) is 9.17. The first-order valence-corrected chi connectivity index (χ1v) is 15.2. The number of aromatic nitrogens is 4. The van der Waals surface area contributed by atoms with E-state index in [9.17, 15) is 35.5 Å². The molecule has 0 saturated heterocycles. The van der Waals surface area contributed by atoms with Gasteiger partial charge in [0, 0.05) is 24.3 Å². The molecule has 0 unspecified atom stereocenters. The second kappa shape index (κ2) is 13.6. The van der Waals surface area contributed by atoms with Crippen molar-refractivity contribution in [3.8, 4) is 22.5 Å². The smallest absolute Gasteiger partial charge is 0.365 e. The van der Waals surface area contributed by atoms with Gasteiger partial charge in [-0.25, -0.2) is 9.18 Å². The summed E-state index contributed by atoms with van der Waals surface area (Å²) in [7, 11) is 0. The van der Waals surface area contributed by atoms with Crippen LogP contribution in [0.4, 0.5) is 52.6 Å². The van der Waals surface area contributed by atoms with Crippen LogP contribution in [0, 0.1) is 5.82 Å². The second-order valence-corrected chi connectivity index (χ2v) is 11.6. The number of H-pyrrole nitrogens is 1. The molecule has 0 atom stereocenters. The van der Waals surface area contributed by atoms with Crippen molar-refractivity contribution in [2.24, 2.45) is 0 Å². The maximum atomic E-state index is 13.9. The van der Waals surface area contributed by atoms with Crippen molar-refractivity contribution < 1.29 is 35.5 Å². The highest BCUT2D eigenvalue weighted by atomic mass is 19.4. The molecule has 0 spiro atoms. The maximum absolute atomic E-state index is 13.9. The van der Waals surface area contributed by atoms with E-state index in [0.29, 0.717) is 34.4 Å². The summed E-state index contributed by atoms with van der Waals surface area (Å²) < 4.78 is 96.3. The zero-order chi connectivity index (χ0) is 34.8. The highest BCUT2D eigenvalue weighted by Gasteiger charge is 2.35. The van der Waals surface area contributed by atoms with Gasteiger partial charge in [-0.1, -0.05) is 48.5 Å². The van der Waals surface area contributed by atoms with Crippen molar-refractivity contribution >= 4 is 23.1 Å². The Kier molecular flexibility index (Phi) is 9.26. The molecule has 1 saturated carbocycles. The molecule has 5 aromatic rings. The van der Waals surface area contributed by atoms with Gasteiger partial charge in [-0.05, 0) is 82.6 Å². The predicted molar refractivity (Wildman–Crippen MR) is 169 cm³/mol. The van der Waals surface area contributed by atoms with E-state index in [2.05, 4.69) is 31.3 Å². The molecule has 3 N–H and O–H groups in total. The summed E-state index contributed by atoms with van der Waals surface area (Å²) >= 11 is 0. The number of hydrogen-bond acceptors (Lipinski definition) is 5. The number of tetrazole rings is 1. The van der Waals surface area contributed by atoms with Crippen molar-refractivity contribution in [1.82, 2.24) is 20.6 Å². The van der Waals surface area contributed by atoms with E-state index in [-0.39, 0.29) is 17.2 Å². The number of nitrogens with one attached hydrogen (secondary N) is 3. The van der Waals surface area contributed by atoms with Gasteiger partial charge in [0.25, 0.3) is 0 Å². The van der Waals surface area contributed by atoms with Crippen molar-refractivity contribution in [2.75, 3.05) is 22.1 Å². The number of nitrogens with zero attached hydrogens (tertiary/aromatic N) is 4. The lowest BCUT2D eigenvalue weighted by atomic mass is 9.98. The van der Waals surface area contributed by atoms with Crippen LogP contribution in [0.1, 0.15) is 41.9 Å². The number of anilines is 3. The van der Waals surface area contributed by atoms with Gasteiger partial charge in [0.15, 0.2) is 0 Å². The molecule has 0 radical (unpaired) electrons. The molecule has 254 valence electrons. The summed E-state index contributed by atoms with van der Waals surface area (Å²) in [5.74, 6) is -0.402. The quantitative estimate of drug-likeness (QED) is 0.128. The second-order valence-electron chi connectivity index (χ2n) is 11.6. The maximum Gasteiger partial charge on any atom is 0.416 e. The molecule has 1 aliphatic rings. The minimum absolute atomic E-state index is 0.00160. The SMILES string of the molecule is O=C(Nc1ccc(C2CC2)cc1)Nc1cc(-c2ccccc2-c2nn[nH]n2)ccc1N(CCC(F)(F)F)Cc1ccc(F)cc1C(F)(F)F. The van der Waals surface area contributed by atoms with Crippen LogP contribution in [0.5, 0.6) is 0 Å². The topological polar surface area (TPSA) is 98.8 Å². The van der Waals surface area contributed by atoms with Gasteiger partial charge in [0.1, 0.15) is 5.82 Å². The molecular formula is C34H28F7N7O. The van der Waals surface area contributed by atoms with E-state index < -0.39 is 54.8 Å². The number of amides is 2. The van der Waals surface area contributed by atoms with Gasteiger partial charge >= 0.3 is 18.4 Å². The van der Waals surface area contributed by atoms with Crippen molar-refractivity contribution in [2.45, 2.75) is 44.1 Å². The molecular weight excluding hydrogens is 655 g/mol. The summed E-state index contributed by atoms with van der Waals surface area (Å²) in [4.78, 5) is 14.4. The molecule has 49 heavy (non-hydrogen) atoms. The Morgan fingerprint density at radius 3 is 2.27 bits per heavy atom. The molecule has 0 aliphatic heterocycles. The number of alkyl halides is 6. The van der Waals surface area contributed by atoms with Crippen LogP contribution in [0.15, 0.2) is 84.9 Å². The number of halogens is 7. The van der Waals surface area contributed by atoms with Gasteiger partial charge < -0.3 is 15.5 Å². The van der Waals surface area contributed by atoms with Gasteiger partial charge in [-0.15, -0.1) is 10.2 Å². The monoisotopic (exact) mass is 683 g/mol. The summed E-state index contributed by atoms with van der Waals surface area (Å²) in [5, 5.41) is 19.4. The highest BCUT2D eigenvalue weighted by Crippen LogP contribution is 2.41. The van der Waals surface area contributed by atoms with Gasteiger partial charge in [0.05, 0.1) is 23.4 Å². The summed E-state index contributed by atoms with van der Waals surface area (Å²) in [6, 6.07) is 19.9. The summed E-state index contributed by atoms with van der Waals surface area (Å²) in [6.07, 6.45) is -8.83. The third kappa shape index (κ3) is 8.34. The van der Waals surface area contributed by atoms with Crippen LogP contribution in [0.25, 0.3) is 22.5 Å². The Morgan fingerprint density at radius 1 is 0.878 bits per heavy atom. The van der Waals surface area contributed by atoms with E-state index >= 15 is 0 Å². The zero-order valence-electron chi connectivity index (χ0n) is 25.5. The molecule has 1 fully saturated rings. The van der Waals surface area contributed by atoms with Gasteiger partial charge in [-0.3, -0.25) is 0 Å². The van der Waals surface area contributed by atoms with Crippen LogP contribution >= 0.6 is 0 Å². The third-order valence-corrected chi connectivity index (χ3v) is 8.03. The lowest BCUT2D eigenvalue weighted by Crippen LogP contribution is -2.30. The van der Waals surface area contributed by atoms with Crippen LogP contribution in [0.2, 0.25) is 0 Å². The van der Waals surface area contributed by atoms with Crippen molar-refractivity contribution in [3.05, 3.63) is 107 Å². The first-order chi connectivity index (χ1) is 23.3. The molecule has 2 amide bonds. The first kappa shape index (κ1) is 33.4. The largest absolute Gasteiger partial charge is 0.416 e. The average molecular weight is 684 g/mol. The Bertz CT molecular complexity index is 1920. The fourth-order valence-corrected chi connectivity index (χ4v) is 5.53. The van der Waals surface area contributed by atoms with Crippen molar-refractivity contribution in [3.63, 3.8) is 0 Å². The van der Waals surface area contributed by atoms with E-state index in [0.717, 1.165) is 35.4 Å². The zero-order valence-corrected chi connectivity index (χ0v) is 25.5. The molecule has 6 rings (SSSR count). The number of rotatable bonds is 10. The molecule has 15 heteroatoms. The van der Waals surface area contributed by atoms with Crippen LogP contribution in [0.3, 0.4) is 0 Å². The average Bonchev–Trinajstić information content (AvgIpc) is 3.76. The van der Waals surface area contributed by atoms with Gasteiger partial charge in [0.2, 0.25) is 5.82 Å². The molecule has 1 aliphatic carbocycles. The van der Waals surface area contributed by atoms with Crippen LogP contribution < -0.4 is 15.5 Å². The summed E-state index contributed by atoms with van der Waals surface area (Å²) in [6.45, 7) is -1.45. The molecule has 4 aromatic carbocycles. The first-order valence-electron chi connectivity index (χ1n) is 15.2. The lowest BCUT2D eigenvalue weighted by molar-refractivity contribution is -0.138. The van der Waals surface area contributed by atoms with E-state index in [1.807, 2.05) is 12.1 Å². The fourth-order valence-electron chi connectivity index (χ4n) is 5.53. The Labute approximate surface area is 275 Å². The molecule has 1 heterocycles. The minimum Gasteiger partial charge on any atom is -0.365 e. The Hall–Kier alpha value is -5.47. The van der Waals surface area contributed by atoms with Gasteiger partial charge in [-0.2, -0.15) is 31.6 Å². The molecule has 0 bridgehead atoms. The number of benzene rings is 4. The highest BCUT2D eigenvalue weighted by molar-refractivity contribution is 6.02. The normalized spacial score (nSPS) is 13.3.